The number of alkyl halides is 1. The first-order chi connectivity index (χ1) is 6.29. The van der Waals surface area contributed by atoms with Crippen LogP contribution >= 0.6 is 45.2 Å². The zero-order valence-electron chi connectivity index (χ0n) is 7.89. The third-order valence-corrected chi connectivity index (χ3v) is 4.82. The van der Waals surface area contributed by atoms with Crippen LogP contribution in [-0.2, 0) is 0 Å². The van der Waals surface area contributed by atoms with E-state index >= 15 is 0 Å². The Morgan fingerprint density at radius 2 is 2.31 bits per heavy atom. The molecule has 1 rings (SSSR count). The van der Waals surface area contributed by atoms with Crippen LogP contribution in [0.15, 0.2) is 0 Å². The monoisotopic (exact) mass is 403 g/mol. The minimum atomic E-state index is 0.702. The van der Waals surface area contributed by atoms with E-state index in [1.54, 1.807) is 0 Å². The lowest BCUT2D eigenvalue weighted by molar-refractivity contribution is 0.176. The zero-order chi connectivity index (χ0) is 9.68. The van der Waals surface area contributed by atoms with Crippen LogP contribution in [0.4, 0.5) is 0 Å². The minimum Gasteiger partial charge on any atom is -0.280 e. The molecule has 1 saturated heterocycles. The van der Waals surface area contributed by atoms with E-state index in [4.69, 9.17) is 0 Å². The predicted octanol–water partition coefficient (Wildman–Crippen LogP) is 3.27. The van der Waals surface area contributed by atoms with Gasteiger partial charge < -0.3 is 0 Å². The maximum absolute atomic E-state index is 3.15. The van der Waals surface area contributed by atoms with Crippen LogP contribution < -0.4 is 0 Å². The highest BCUT2D eigenvalue weighted by Gasteiger charge is 2.26. The smallest absolute Gasteiger partial charge is 0.0654 e. The third kappa shape index (κ3) is 3.56. The van der Waals surface area contributed by atoms with Gasteiger partial charge in [-0.05, 0) is 22.7 Å². The number of rotatable bonds is 2. The normalized spacial score (nSPS) is 29.5. The van der Waals surface area contributed by atoms with Crippen LogP contribution in [0.2, 0.25) is 0 Å². The van der Waals surface area contributed by atoms with Crippen molar-refractivity contribution in [3.05, 3.63) is 0 Å². The van der Waals surface area contributed by atoms with E-state index in [0.29, 0.717) is 4.05 Å². The first kappa shape index (κ1) is 12.1. The Kier molecular flexibility index (Phi) is 5.99. The Balaban J connectivity index is 2.47. The largest absolute Gasteiger partial charge is 0.280 e. The molecule has 13 heavy (non-hydrogen) atoms. The van der Waals surface area contributed by atoms with Crippen molar-refractivity contribution in [2.24, 2.45) is 5.92 Å². The van der Waals surface area contributed by atoms with Gasteiger partial charge in [-0.3, -0.25) is 4.90 Å². The van der Waals surface area contributed by atoms with Crippen molar-refractivity contribution in [2.75, 3.05) is 13.1 Å². The number of hydrogen-bond donors (Lipinski definition) is 0. The predicted molar refractivity (Wildman–Crippen MR) is 74.2 cm³/mol. The third-order valence-electron chi connectivity index (χ3n) is 2.63. The van der Waals surface area contributed by atoms with Gasteiger partial charge in [0.15, 0.2) is 0 Å². The van der Waals surface area contributed by atoms with Crippen molar-refractivity contribution < 1.29 is 0 Å². The van der Waals surface area contributed by atoms with E-state index in [1.807, 2.05) is 0 Å². The Labute approximate surface area is 108 Å². The van der Waals surface area contributed by atoms with Crippen molar-refractivity contribution >= 4 is 45.2 Å². The van der Waals surface area contributed by atoms with Gasteiger partial charge in [0.2, 0.25) is 0 Å². The fourth-order valence-corrected chi connectivity index (χ4v) is 3.33. The molecule has 0 N–H and O–H groups in total. The Morgan fingerprint density at radius 1 is 1.54 bits per heavy atom. The fraction of sp³-hybridized carbons (Fsp3) is 0.800. The van der Waals surface area contributed by atoms with Crippen molar-refractivity contribution in [2.45, 2.75) is 30.2 Å². The lowest BCUT2D eigenvalue weighted by atomic mass is 9.96. The Hall–Kier alpha value is 0.980. The van der Waals surface area contributed by atoms with Gasteiger partial charge in [0.25, 0.3) is 0 Å². The van der Waals surface area contributed by atoms with Gasteiger partial charge >= 0.3 is 0 Å². The van der Waals surface area contributed by atoms with Gasteiger partial charge in [0, 0.05) is 29.1 Å². The molecule has 0 spiro atoms. The SMILES string of the molecule is CC[C@H]1CCCN(CC#CI)[C@H]1I. The summed E-state index contributed by atoms with van der Waals surface area (Å²) in [5.74, 6) is 4.03. The molecule has 1 aliphatic rings. The van der Waals surface area contributed by atoms with Crippen LogP contribution in [0.3, 0.4) is 0 Å². The van der Waals surface area contributed by atoms with Crippen molar-refractivity contribution in [3.8, 4) is 9.85 Å². The standard InChI is InChI=1S/C10H15I2N/c1-2-9-5-3-7-13(10(9)12)8-4-6-11/h9-10H,2-3,5,7-8H2,1H3/t9-,10+/m0/s1. The zero-order valence-corrected chi connectivity index (χ0v) is 12.2. The molecule has 0 aromatic heterocycles. The summed E-state index contributed by atoms with van der Waals surface area (Å²) in [6, 6.07) is 0. The molecule has 0 aromatic rings. The van der Waals surface area contributed by atoms with Gasteiger partial charge in [-0.15, -0.1) is 0 Å². The van der Waals surface area contributed by atoms with Gasteiger partial charge in [0.05, 0.1) is 10.6 Å². The van der Waals surface area contributed by atoms with Crippen molar-refractivity contribution in [3.63, 3.8) is 0 Å². The summed E-state index contributed by atoms with van der Waals surface area (Å²) in [6.45, 7) is 4.48. The summed E-state index contributed by atoms with van der Waals surface area (Å²) < 4.78 is 3.65. The summed E-state index contributed by atoms with van der Waals surface area (Å²) in [5.41, 5.74) is 0. The molecular formula is C10H15I2N. The number of piperidine rings is 1. The number of likely N-dealkylation sites (tertiary alicyclic amines) is 1. The highest BCUT2D eigenvalue weighted by molar-refractivity contribution is 14.1. The van der Waals surface area contributed by atoms with E-state index in [-0.39, 0.29) is 0 Å². The molecule has 0 bridgehead atoms. The van der Waals surface area contributed by atoms with E-state index in [0.717, 1.165) is 12.5 Å². The van der Waals surface area contributed by atoms with Crippen LogP contribution in [0.5, 0.6) is 0 Å². The highest BCUT2D eigenvalue weighted by Crippen LogP contribution is 2.29. The molecule has 0 radical (unpaired) electrons. The molecule has 0 aliphatic carbocycles. The molecule has 1 nitrogen and oxygen atoms in total. The van der Waals surface area contributed by atoms with Crippen molar-refractivity contribution in [1.82, 2.24) is 4.90 Å². The molecule has 3 heteroatoms. The number of halogens is 2. The topological polar surface area (TPSA) is 3.24 Å². The average molecular weight is 403 g/mol. The van der Waals surface area contributed by atoms with E-state index in [2.05, 4.69) is 66.9 Å². The van der Waals surface area contributed by atoms with Gasteiger partial charge in [-0.1, -0.05) is 41.9 Å². The van der Waals surface area contributed by atoms with Crippen LogP contribution in [0.25, 0.3) is 0 Å². The molecule has 0 amide bonds. The average Bonchev–Trinajstić information content (AvgIpc) is 2.16. The fourth-order valence-electron chi connectivity index (χ4n) is 1.81. The molecule has 1 heterocycles. The number of hydrogen-bond acceptors (Lipinski definition) is 1. The first-order valence-electron chi connectivity index (χ1n) is 4.76. The summed E-state index contributed by atoms with van der Waals surface area (Å²) >= 11 is 4.69. The lowest BCUT2D eigenvalue weighted by Crippen LogP contribution is -2.41. The maximum Gasteiger partial charge on any atom is 0.0654 e. The maximum atomic E-state index is 3.15. The summed E-state index contributed by atoms with van der Waals surface area (Å²) in [4.78, 5) is 2.50. The summed E-state index contributed by atoms with van der Waals surface area (Å²) in [5, 5.41) is 0. The van der Waals surface area contributed by atoms with E-state index in [1.165, 1.54) is 25.8 Å². The molecular weight excluding hydrogens is 388 g/mol. The highest BCUT2D eigenvalue weighted by atomic mass is 127. The van der Waals surface area contributed by atoms with Crippen LogP contribution in [0.1, 0.15) is 26.2 Å². The van der Waals surface area contributed by atoms with Gasteiger partial charge in [-0.2, -0.15) is 0 Å². The Bertz CT molecular complexity index is 207. The molecule has 0 unspecified atom stereocenters. The van der Waals surface area contributed by atoms with Gasteiger partial charge in [-0.25, -0.2) is 0 Å². The van der Waals surface area contributed by atoms with Crippen LogP contribution in [-0.4, -0.2) is 22.0 Å². The molecule has 74 valence electrons. The van der Waals surface area contributed by atoms with E-state index < -0.39 is 0 Å². The number of nitrogens with zero attached hydrogens (tertiary/aromatic N) is 1. The Morgan fingerprint density at radius 3 is 2.92 bits per heavy atom. The van der Waals surface area contributed by atoms with E-state index in [9.17, 15) is 0 Å². The molecule has 0 aromatic carbocycles. The molecule has 2 atom stereocenters. The second-order valence-electron chi connectivity index (χ2n) is 3.42. The summed E-state index contributed by atoms with van der Waals surface area (Å²) in [6.07, 6.45) is 4.06. The quantitative estimate of drug-likeness (QED) is 0.296. The lowest BCUT2D eigenvalue weighted by Gasteiger charge is -2.36. The molecule has 1 aliphatic heterocycles. The molecule has 1 fully saturated rings. The second kappa shape index (κ2) is 6.46. The minimum absolute atomic E-state index is 0.702. The summed E-state index contributed by atoms with van der Waals surface area (Å²) in [7, 11) is 0. The molecule has 0 saturated carbocycles. The second-order valence-corrected chi connectivity index (χ2v) is 5.24. The van der Waals surface area contributed by atoms with Crippen LogP contribution in [0, 0.1) is 15.8 Å². The van der Waals surface area contributed by atoms with Gasteiger partial charge in [0.1, 0.15) is 0 Å². The van der Waals surface area contributed by atoms with Crippen molar-refractivity contribution in [1.29, 1.82) is 0 Å². The first-order valence-corrected chi connectivity index (χ1v) is 7.08.